The monoisotopic (exact) mass is 360 g/mol. The van der Waals surface area contributed by atoms with Gasteiger partial charge < -0.3 is 15.5 Å². The lowest BCUT2D eigenvalue weighted by Gasteiger charge is -2.28. The molecule has 7 heteroatoms. The molecule has 1 atom stereocenters. The molecule has 1 unspecified atom stereocenters. The summed E-state index contributed by atoms with van der Waals surface area (Å²) in [5.41, 5.74) is 5.19. The average Bonchev–Trinajstić information content (AvgIpc) is 3.30. The minimum atomic E-state index is -0.468. The molecule has 1 aromatic heterocycles. The number of rotatable bonds is 2. The quantitative estimate of drug-likeness (QED) is 0.839. The summed E-state index contributed by atoms with van der Waals surface area (Å²) < 4.78 is 0. The van der Waals surface area contributed by atoms with Crippen LogP contribution in [0.15, 0.2) is 18.2 Å². The van der Waals surface area contributed by atoms with Crippen LogP contribution in [0.3, 0.4) is 0 Å². The second-order valence-corrected chi connectivity index (χ2v) is 7.26. The third-order valence-corrected chi connectivity index (χ3v) is 5.64. The molecule has 1 amide bonds. The summed E-state index contributed by atoms with van der Waals surface area (Å²) in [7, 11) is 0. The summed E-state index contributed by atoms with van der Waals surface area (Å²) in [5, 5.41) is 15.6. The zero-order valence-corrected chi connectivity index (χ0v) is 15.0. The maximum Gasteiger partial charge on any atom is 0.238 e. The van der Waals surface area contributed by atoms with Crippen molar-refractivity contribution in [3.05, 3.63) is 46.3 Å². The number of aryl methyl sites for hydroxylation is 1. The Morgan fingerprint density at radius 2 is 2.04 bits per heavy atom. The van der Waals surface area contributed by atoms with Gasteiger partial charge in [-0.3, -0.25) is 4.79 Å². The van der Waals surface area contributed by atoms with Gasteiger partial charge in [-0.2, -0.15) is 5.26 Å². The molecule has 5 rings (SSSR count). The number of aromatic nitrogens is 2. The molecule has 2 N–H and O–H groups in total. The highest BCUT2D eigenvalue weighted by molar-refractivity contribution is 6.05. The lowest BCUT2D eigenvalue weighted by Crippen LogP contribution is -2.44. The van der Waals surface area contributed by atoms with Crippen molar-refractivity contribution in [3.63, 3.8) is 0 Å². The number of carbonyl (C=O) groups is 1. The van der Waals surface area contributed by atoms with E-state index >= 15 is 0 Å². The van der Waals surface area contributed by atoms with Gasteiger partial charge in [-0.25, -0.2) is 9.97 Å². The Bertz CT molecular complexity index is 973. The number of nitrogens with one attached hydrogen (secondary N) is 2. The van der Waals surface area contributed by atoms with Crippen molar-refractivity contribution in [2.24, 2.45) is 0 Å². The molecule has 27 heavy (non-hydrogen) atoms. The van der Waals surface area contributed by atoms with E-state index in [4.69, 9.17) is 9.97 Å². The van der Waals surface area contributed by atoms with Crippen molar-refractivity contribution in [2.45, 2.75) is 25.2 Å². The Balaban J connectivity index is 1.64. The molecule has 7 nitrogen and oxygen atoms in total. The van der Waals surface area contributed by atoms with Crippen LogP contribution in [-0.4, -0.2) is 42.1 Å². The molecule has 2 aromatic rings. The smallest absolute Gasteiger partial charge is 0.238 e. The van der Waals surface area contributed by atoms with Crippen LogP contribution in [0.5, 0.6) is 0 Å². The molecule has 136 valence electrons. The number of anilines is 2. The van der Waals surface area contributed by atoms with E-state index in [0.29, 0.717) is 5.56 Å². The SMILES string of the molecule is N#Cc1ccc2c(c1)C(c1nc(N3CCNCC3)nc3c1CCC3)C(=O)N2. The first-order chi connectivity index (χ1) is 13.2. The third-order valence-electron chi connectivity index (χ3n) is 5.64. The number of piperazine rings is 1. The summed E-state index contributed by atoms with van der Waals surface area (Å²) in [6, 6.07) is 7.53. The van der Waals surface area contributed by atoms with E-state index in [2.05, 4.69) is 21.6 Å². The molecule has 3 aliphatic rings. The number of hydrogen-bond donors (Lipinski definition) is 2. The highest BCUT2D eigenvalue weighted by Gasteiger charge is 2.37. The lowest BCUT2D eigenvalue weighted by molar-refractivity contribution is -0.116. The number of nitriles is 1. The van der Waals surface area contributed by atoms with Gasteiger partial charge in [0.25, 0.3) is 0 Å². The normalized spacial score (nSPS) is 20.8. The summed E-state index contributed by atoms with van der Waals surface area (Å²) in [6.07, 6.45) is 2.88. The summed E-state index contributed by atoms with van der Waals surface area (Å²) >= 11 is 0. The van der Waals surface area contributed by atoms with Gasteiger partial charge in [0.1, 0.15) is 5.92 Å². The Kier molecular flexibility index (Phi) is 3.80. The molecule has 1 saturated heterocycles. The predicted molar refractivity (Wildman–Crippen MR) is 101 cm³/mol. The van der Waals surface area contributed by atoms with Crippen LogP contribution >= 0.6 is 0 Å². The van der Waals surface area contributed by atoms with Crippen LogP contribution in [0.2, 0.25) is 0 Å². The number of nitrogens with zero attached hydrogens (tertiary/aromatic N) is 4. The first kappa shape index (κ1) is 16.2. The highest BCUT2D eigenvalue weighted by Crippen LogP contribution is 2.40. The van der Waals surface area contributed by atoms with Crippen LogP contribution in [0.25, 0.3) is 0 Å². The van der Waals surface area contributed by atoms with E-state index in [1.807, 2.05) is 12.1 Å². The van der Waals surface area contributed by atoms with E-state index in [1.165, 1.54) is 0 Å². The van der Waals surface area contributed by atoms with Crippen molar-refractivity contribution < 1.29 is 4.79 Å². The molecule has 0 spiro atoms. The summed E-state index contributed by atoms with van der Waals surface area (Å²) in [4.78, 5) is 24.8. The Hall–Kier alpha value is -2.98. The van der Waals surface area contributed by atoms with Gasteiger partial charge in [0, 0.05) is 37.6 Å². The number of hydrogen-bond acceptors (Lipinski definition) is 6. The van der Waals surface area contributed by atoms with Gasteiger partial charge >= 0.3 is 0 Å². The van der Waals surface area contributed by atoms with Gasteiger partial charge in [0.05, 0.1) is 17.3 Å². The Morgan fingerprint density at radius 1 is 1.19 bits per heavy atom. The maximum atomic E-state index is 12.8. The molecule has 0 saturated carbocycles. The highest BCUT2D eigenvalue weighted by atomic mass is 16.2. The van der Waals surface area contributed by atoms with Crippen molar-refractivity contribution in [1.82, 2.24) is 15.3 Å². The maximum absolute atomic E-state index is 12.8. The van der Waals surface area contributed by atoms with E-state index in [1.54, 1.807) is 6.07 Å². The number of carbonyl (C=O) groups excluding carboxylic acids is 1. The first-order valence-electron chi connectivity index (χ1n) is 9.45. The molecule has 1 aliphatic carbocycles. The minimum Gasteiger partial charge on any atom is -0.338 e. The summed E-state index contributed by atoms with van der Waals surface area (Å²) in [6.45, 7) is 3.55. The fourth-order valence-corrected chi connectivity index (χ4v) is 4.30. The van der Waals surface area contributed by atoms with Crippen LogP contribution in [0.1, 0.15) is 40.4 Å². The Labute approximate surface area is 157 Å². The number of benzene rings is 1. The number of amides is 1. The molecule has 0 bridgehead atoms. The third kappa shape index (κ3) is 2.64. The zero-order valence-electron chi connectivity index (χ0n) is 15.0. The fraction of sp³-hybridized carbons (Fsp3) is 0.400. The second-order valence-electron chi connectivity index (χ2n) is 7.26. The molecule has 1 aromatic carbocycles. The second kappa shape index (κ2) is 6.32. The van der Waals surface area contributed by atoms with E-state index in [-0.39, 0.29) is 5.91 Å². The fourth-order valence-electron chi connectivity index (χ4n) is 4.30. The molecule has 0 radical (unpaired) electrons. The molecular weight excluding hydrogens is 340 g/mol. The predicted octanol–water partition coefficient (Wildman–Crippen LogP) is 1.33. The van der Waals surface area contributed by atoms with Crippen molar-refractivity contribution >= 4 is 17.5 Å². The summed E-state index contributed by atoms with van der Waals surface area (Å²) in [5.74, 6) is 0.189. The Morgan fingerprint density at radius 3 is 2.85 bits per heavy atom. The molecule has 1 fully saturated rings. The molecule has 2 aliphatic heterocycles. The van der Waals surface area contributed by atoms with Crippen molar-refractivity contribution in [3.8, 4) is 6.07 Å². The first-order valence-corrected chi connectivity index (χ1v) is 9.45. The largest absolute Gasteiger partial charge is 0.338 e. The molecular formula is C20H20N6O. The van der Waals surface area contributed by atoms with Gasteiger partial charge in [-0.05, 0) is 48.6 Å². The van der Waals surface area contributed by atoms with Gasteiger partial charge in [0.2, 0.25) is 11.9 Å². The van der Waals surface area contributed by atoms with Gasteiger partial charge in [0.15, 0.2) is 0 Å². The average molecular weight is 360 g/mol. The lowest BCUT2D eigenvalue weighted by atomic mass is 9.92. The standard InChI is InChI=1S/C20H20N6O/c21-11-12-4-5-16-14(10-12)17(19(27)23-16)18-13-2-1-3-15(13)24-20(25-18)26-8-6-22-7-9-26/h4-5,10,17,22H,1-3,6-9H2,(H,23,27). The van der Waals surface area contributed by atoms with Crippen LogP contribution in [-0.2, 0) is 17.6 Å². The minimum absolute atomic E-state index is 0.0702. The van der Waals surface area contributed by atoms with Gasteiger partial charge in [-0.1, -0.05) is 0 Å². The van der Waals surface area contributed by atoms with Crippen molar-refractivity contribution in [1.29, 1.82) is 5.26 Å². The van der Waals surface area contributed by atoms with Crippen molar-refractivity contribution in [2.75, 3.05) is 36.4 Å². The van der Waals surface area contributed by atoms with E-state index in [0.717, 1.165) is 79.6 Å². The van der Waals surface area contributed by atoms with Crippen LogP contribution in [0.4, 0.5) is 11.6 Å². The van der Waals surface area contributed by atoms with Gasteiger partial charge in [-0.15, -0.1) is 0 Å². The number of fused-ring (bicyclic) bond motifs is 2. The van der Waals surface area contributed by atoms with Crippen LogP contribution < -0.4 is 15.5 Å². The van der Waals surface area contributed by atoms with E-state index < -0.39 is 5.92 Å². The van der Waals surface area contributed by atoms with Crippen LogP contribution in [0, 0.1) is 11.3 Å². The topological polar surface area (TPSA) is 93.9 Å². The van der Waals surface area contributed by atoms with E-state index in [9.17, 15) is 10.1 Å². The molecule has 3 heterocycles. The zero-order chi connectivity index (χ0) is 18.4.